The molecule has 18 heavy (non-hydrogen) atoms. The van der Waals surface area contributed by atoms with Gasteiger partial charge in [0.05, 0.1) is 17.6 Å². The van der Waals surface area contributed by atoms with E-state index >= 15 is 0 Å². The molecule has 0 aliphatic rings. The van der Waals surface area contributed by atoms with Crippen molar-refractivity contribution < 1.29 is 5.11 Å². The smallest absolute Gasteiger partial charge is 0.196 e. The summed E-state index contributed by atoms with van der Waals surface area (Å²) in [5.41, 5.74) is 4.36. The lowest BCUT2D eigenvalue weighted by Crippen LogP contribution is -1.96. The topological polar surface area (TPSA) is 50.4 Å². The first-order chi connectivity index (χ1) is 8.65. The molecule has 0 spiro atoms. The molecule has 0 aliphatic heterocycles. The summed E-state index contributed by atoms with van der Waals surface area (Å²) in [7, 11) is 0. The van der Waals surface area contributed by atoms with E-state index in [4.69, 9.17) is 0 Å². The second kappa shape index (κ2) is 3.84. The Kier molecular flexibility index (Phi) is 2.30. The van der Waals surface area contributed by atoms with Crippen LogP contribution >= 0.6 is 0 Å². The number of aryl methyl sites for hydroxylation is 2. The normalized spacial score (nSPS) is 11.0. The molecule has 0 bridgehead atoms. The third-order valence-electron chi connectivity index (χ3n) is 2.92. The second-order valence-electron chi connectivity index (χ2n) is 4.42. The molecule has 90 valence electrons. The van der Waals surface area contributed by atoms with E-state index < -0.39 is 0 Å². The minimum atomic E-state index is 0.154. The van der Waals surface area contributed by atoms with Crippen LogP contribution in [0.4, 0.5) is 0 Å². The minimum Gasteiger partial charge on any atom is -0.504 e. The van der Waals surface area contributed by atoms with Gasteiger partial charge < -0.3 is 5.11 Å². The van der Waals surface area contributed by atoms with Gasteiger partial charge in [0.2, 0.25) is 0 Å². The minimum absolute atomic E-state index is 0.154. The summed E-state index contributed by atoms with van der Waals surface area (Å²) in [4.78, 5) is 4.21. The van der Waals surface area contributed by atoms with Gasteiger partial charge in [-0.05, 0) is 13.8 Å². The van der Waals surface area contributed by atoms with Crippen LogP contribution in [0.15, 0.2) is 36.5 Å². The van der Waals surface area contributed by atoms with Crippen molar-refractivity contribution in [2.45, 2.75) is 13.8 Å². The molecule has 2 heterocycles. The largest absolute Gasteiger partial charge is 0.504 e. The molecule has 0 amide bonds. The summed E-state index contributed by atoms with van der Waals surface area (Å²) in [6, 6.07) is 9.76. The maximum Gasteiger partial charge on any atom is 0.196 e. The summed E-state index contributed by atoms with van der Waals surface area (Å²) in [6.45, 7) is 3.89. The number of imidazole rings is 1. The standard InChI is InChI=1S/C14H13N3O/c1-9-3-5-11(6-4-9)12-8-15-14-13(18)7-10(2)16-17(12)14/h3-8,18H,1-2H3. The molecule has 0 radical (unpaired) electrons. The van der Waals surface area contributed by atoms with Crippen LogP contribution in [-0.2, 0) is 0 Å². The van der Waals surface area contributed by atoms with Crippen LogP contribution < -0.4 is 0 Å². The molecule has 4 nitrogen and oxygen atoms in total. The zero-order chi connectivity index (χ0) is 12.7. The molecule has 4 heteroatoms. The maximum atomic E-state index is 9.83. The summed E-state index contributed by atoms with van der Waals surface area (Å²) < 4.78 is 1.68. The van der Waals surface area contributed by atoms with Crippen LogP contribution in [0, 0.1) is 13.8 Å². The SMILES string of the molecule is Cc1ccc(-c2cnc3c(O)cc(C)nn23)cc1. The van der Waals surface area contributed by atoms with Gasteiger partial charge in [-0.1, -0.05) is 29.8 Å². The van der Waals surface area contributed by atoms with Gasteiger partial charge >= 0.3 is 0 Å². The number of aromatic hydroxyl groups is 1. The molecule has 0 unspecified atom stereocenters. The summed E-state index contributed by atoms with van der Waals surface area (Å²) in [5.74, 6) is 0.154. The van der Waals surface area contributed by atoms with Gasteiger partial charge in [-0.3, -0.25) is 0 Å². The van der Waals surface area contributed by atoms with Gasteiger partial charge in [-0.15, -0.1) is 0 Å². The Bertz CT molecular complexity index is 714. The first-order valence-corrected chi connectivity index (χ1v) is 5.76. The Morgan fingerprint density at radius 1 is 1.11 bits per heavy atom. The van der Waals surface area contributed by atoms with Crippen molar-refractivity contribution in [3.63, 3.8) is 0 Å². The van der Waals surface area contributed by atoms with Crippen LogP contribution in [0.5, 0.6) is 5.75 Å². The number of nitrogens with zero attached hydrogens (tertiary/aromatic N) is 3. The van der Waals surface area contributed by atoms with Crippen molar-refractivity contribution in [3.05, 3.63) is 47.8 Å². The van der Waals surface area contributed by atoms with Crippen molar-refractivity contribution in [3.8, 4) is 17.0 Å². The van der Waals surface area contributed by atoms with E-state index in [0.717, 1.165) is 17.0 Å². The van der Waals surface area contributed by atoms with Crippen LogP contribution in [0.25, 0.3) is 16.9 Å². The lowest BCUT2D eigenvalue weighted by Gasteiger charge is -2.03. The molecule has 2 aromatic heterocycles. The highest BCUT2D eigenvalue weighted by atomic mass is 16.3. The molecule has 0 saturated carbocycles. The molecule has 0 atom stereocenters. The highest BCUT2D eigenvalue weighted by molar-refractivity contribution is 5.66. The van der Waals surface area contributed by atoms with Crippen molar-refractivity contribution in [1.29, 1.82) is 0 Å². The average Bonchev–Trinajstić information content (AvgIpc) is 2.74. The predicted octanol–water partition coefficient (Wildman–Crippen LogP) is 2.72. The quantitative estimate of drug-likeness (QED) is 0.710. The fraction of sp³-hybridized carbons (Fsp3) is 0.143. The lowest BCUT2D eigenvalue weighted by molar-refractivity contribution is 0.475. The van der Waals surface area contributed by atoms with E-state index in [1.165, 1.54) is 5.56 Å². The van der Waals surface area contributed by atoms with Gasteiger partial charge in [-0.25, -0.2) is 9.50 Å². The van der Waals surface area contributed by atoms with E-state index in [-0.39, 0.29) is 5.75 Å². The first-order valence-electron chi connectivity index (χ1n) is 5.76. The maximum absolute atomic E-state index is 9.83. The van der Waals surface area contributed by atoms with Crippen molar-refractivity contribution in [2.24, 2.45) is 0 Å². The van der Waals surface area contributed by atoms with Gasteiger partial charge in [0, 0.05) is 11.6 Å². The van der Waals surface area contributed by atoms with Gasteiger partial charge in [0.15, 0.2) is 11.4 Å². The van der Waals surface area contributed by atoms with Gasteiger partial charge in [-0.2, -0.15) is 5.10 Å². The molecule has 0 saturated heterocycles. The Hall–Kier alpha value is -2.36. The fourth-order valence-corrected chi connectivity index (χ4v) is 1.99. The van der Waals surface area contributed by atoms with Crippen molar-refractivity contribution in [1.82, 2.24) is 14.6 Å². The number of hydrogen-bond acceptors (Lipinski definition) is 3. The van der Waals surface area contributed by atoms with Crippen LogP contribution in [-0.4, -0.2) is 19.7 Å². The molecule has 1 aromatic carbocycles. The Morgan fingerprint density at radius 3 is 2.56 bits per heavy atom. The average molecular weight is 239 g/mol. The molecule has 3 aromatic rings. The fourth-order valence-electron chi connectivity index (χ4n) is 1.99. The number of hydrogen-bond donors (Lipinski definition) is 1. The summed E-state index contributed by atoms with van der Waals surface area (Å²) in [6.07, 6.45) is 1.73. The Morgan fingerprint density at radius 2 is 1.83 bits per heavy atom. The molecule has 0 aliphatic carbocycles. The third-order valence-corrected chi connectivity index (χ3v) is 2.92. The Balaban J connectivity index is 2.27. The zero-order valence-corrected chi connectivity index (χ0v) is 10.3. The number of aromatic nitrogens is 3. The van der Waals surface area contributed by atoms with Crippen molar-refractivity contribution in [2.75, 3.05) is 0 Å². The molecule has 3 rings (SSSR count). The van der Waals surface area contributed by atoms with Crippen LogP contribution in [0.1, 0.15) is 11.3 Å². The second-order valence-corrected chi connectivity index (χ2v) is 4.42. The van der Waals surface area contributed by atoms with E-state index in [0.29, 0.717) is 5.65 Å². The summed E-state index contributed by atoms with van der Waals surface area (Å²) >= 11 is 0. The Labute approximate surface area is 105 Å². The van der Waals surface area contributed by atoms with Crippen LogP contribution in [0.2, 0.25) is 0 Å². The van der Waals surface area contributed by atoms with E-state index in [2.05, 4.69) is 10.1 Å². The van der Waals surface area contributed by atoms with Crippen LogP contribution in [0.3, 0.4) is 0 Å². The van der Waals surface area contributed by atoms with Gasteiger partial charge in [0.25, 0.3) is 0 Å². The molecular formula is C14H13N3O. The third kappa shape index (κ3) is 1.62. The van der Waals surface area contributed by atoms with E-state index in [1.807, 2.05) is 38.1 Å². The van der Waals surface area contributed by atoms with E-state index in [1.54, 1.807) is 16.8 Å². The van der Waals surface area contributed by atoms with Gasteiger partial charge in [0.1, 0.15) is 0 Å². The van der Waals surface area contributed by atoms with Crippen molar-refractivity contribution >= 4 is 5.65 Å². The first kappa shape index (κ1) is 10.8. The number of fused-ring (bicyclic) bond motifs is 1. The van der Waals surface area contributed by atoms with E-state index in [9.17, 15) is 5.11 Å². The molecular weight excluding hydrogens is 226 g/mol. The number of rotatable bonds is 1. The molecule has 0 fully saturated rings. The highest BCUT2D eigenvalue weighted by Gasteiger charge is 2.10. The zero-order valence-electron chi connectivity index (χ0n) is 10.3. The predicted molar refractivity (Wildman–Crippen MR) is 69.6 cm³/mol. The summed E-state index contributed by atoms with van der Waals surface area (Å²) in [5, 5.41) is 14.2. The lowest BCUT2D eigenvalue weighted by atomic mass is 10.1. The molecule has 1 N–H and O–H groups in total. The monoisotopic (exact) mass is 239 g/mol. The highest BCUT2D eigenvalue weighted by Crippen LogP contribution is 2.24. The number of benzene rings is 1.